The first-order chi connectivity index (χ1) is 12.0. The quantitative estimate of drug-likeness (QED) is 0.886. The standard InChI is InChI=1S/C18H21ClN2O4/c19-11-1-3-12(4-2-11)20-7-9-21(10-8-20)17(22)15-13-5-6-14(25-13)16(15)18(23)24/h1-4,13-16H,5-10H2,(H,23,24)/t13-,14-,15-,16-/m1/s1. The van der Waals surface area contributed by atoms with Gasteiger partial charge >= 0.3 is 5.97 Å². The molecule has 3 saturated heterocycles. The van der Waals surface area contributed by atoms with Gasteiger partial charge in [0.1, 0.15) is 0 Å². The summed E-state index contributed by atoms with van der Waals surface area (Å²) in [5, 5.41) is 10.2. The van der Waals surface area contributed by atoms with Gasteiger partial charge in [0.05, 0.1) is 24.0 Å². The van der Waals surface area contributed by atoms with E-state index in [1.54, 1.807) is 4.90 Å². The van der Waals surface area contributed by atoms with Crippen LogP contribution in [0.1, 0.15) is 12.8 Å². The molecule has 0 aromatic heterocycles. The van der Waals surface area contributed by atoms with Gasteiger partial charge in [0.15, 0.2) is 0 Å². The fraction of sp³-hybridized carbons (Fsp3) is 0.556. The van der Waals surface area contributed by atoms with Crippen LogP contribution in [0.3, 0.4) is 0 Å². The number of nitrogens with zero attached hydrogens (tertiary/aromatic N) is 2. The summed E-state index contributed by atoms with van der Waals surface area (Å²) in [6.07, 6.45) is 1.01. The second-order valence-corrected chi connectivity index (χ2v) is 7.41. The van der Waals surface area contributed by atoms with Crippen LogP contribution in [0.4, 0.5) is 5.69 Å². The molecule has 0 saturated carbocycles. The lowest BCUT2D eigenvalue weighted by Crippen LogP contribution is -2.53. The number of aliphatic carboxylic acids is 1. The minimum Gasteiger partial charge on any atom is -0.481 e. The van der Waals surface area contributed by atoms with Gasteiger partial charge in [-0.25, -0.2) is 0 Å². The number of carboxylic acids is 1. The number of anilines is 1. The molecule has 1 N–H and O–H groups in total. The van der Waals surface area contributed by atoms with Crippen LogP contribution >= 0.6 is 11.6 Å². The van der Waals surface area contributed by atoms with Gasteiger partial charge in [-0.15, -0.1) is 0 Å². The summed E-state index contributed by atoms with van der Waals surface area (Å²) in [6.45, 7) is 2.66. The molecule has 3 aliphatic rings. The highest BCUT2D eigenvalue weighted by molar-refractivity contribution is 6.30. The van der Waals surface area contributed by atoms with Gasteiger partial charge in [0.25, 0.3) is 0 Å². The molecule has 4 rings (SSSR count). The largest absolute Gasteiger partial charge is 0.481 e. The van der Waals surface area contributed by atoms with Gasteiger partial charge in [0, 0.05) is 36.9 Å². The van der Waals surface area contributed by atoms with Crippen molar-refractivity contribution in [3.63, 3.8) is 0 Å². The Morgan fingerprint density at radius 3 is 2.20 bits per heavy atom. The van der Waals surface area contributed by atoms with Crippen molar-refractivity contribution in [2.24, 2.45) is 11.8 Å². The molecule has 134 valence electrons. The van der Waals surface area contributed by atoms with Crippen molar-refractivity contribution >= 4 is 29.2 Å². The van der Waals surface area contributed by atoms with Crippen molar-refractivity contribution in [2.45, 2.75) is 25.0 Å². The number of carbonyl (C=O) groups excluding carboxylic acids is 1. The molecule has 3 fully saturated rings. The van der Waals surface area contributed by atoms with Crippen LogP contribution in [0.2, 0.25) is 5.02 Å². The number of piperazine rings is 1. The summed E-state index contributed by atoms with van der Waals surface area (Å²) < 4.78 is 5.72. The van der Waals surface area contributed by atoms with E-state index >= 15 is 0 Å². The maximum absolute atomic E-state index is 12.9. The molecule has 0 spiro atoms. The van der Waals surface area contributed by atoms with Crippen LogP contribution in [0.15, 0.2) is 24.3 Å². The van der Waals surface area contributed by atoms with E-state index in [-0.39, 0.29) is 18.1 Å². The van der Waals surface area contributed by atoms with Crippen LogP contribution in [0, 0.1) is 11.8 Å². The SMILES string of the molecule is O=C(O)[C@H]1[C@H](C(=O)N2CCN(c3ccc(Cl)cc3)CC2)[C@H]2CC[C@H]1O2. The van der Waals surface area contributed by atoms with E-state index in [2.05, 4.69) is 4.90 Å². The van der Waals surface area contributed by atoms with Gasteiger partial charge in [-0.2, -0.15) is 0 Å². The molecular weight excluding hydrogens is 344 g/mol. The molecule has 1 aromatic carbocycles. The molecule has 0 unspecified atom stereocenters. The highest BCUT2D eigenvalue weighted by Gasteiger charge is 2.56. The number of carboxylic acid groups (broad SMARTS) is 1. The van der Waals surface area contributed by atoms with E-state index < -0.39 is 17.8 Å². The Labute approximate surface area is 151 Å². The molecule has 1 aromatic rings. The number of ether oxygens (including phenoxy) is 1. The Morgan fingerprint density at radius 1 is 1.00 bits per heavy atom. The Morgan fingerprint density at radius 2 is 1.60 bits per heavy atom. The van der Waals surface area contributed by atoms with Crippen LogP contribution in [-0.4, -0.2) is 60.3 Å². The second kappa shape index (κ2) is 6.50. The van der Waals surface area contributed by atoms with Crippen LogP contribution in [0.5, 0.6) is 0 Å². The highest BCUT2D eigenvalue weighted by atomic mass is 35.5. The Hall–Kier alpha value is -1.79. The summed E-state index contributed by atoms with van der Waals surface area (Å²) in [5.74, 6) is -2.19. The molecule has 2 bridgehead atoms. The van der Waals surface area contributed by atoms with E-state index in [1.807, 2.05) is 24.3 Å². The second-order valence-electron chi connectivity index (χ2n) is 6.97. The normalized spacial score (nSPS) is 31.4. The van der Waals surface area contributed by atoms with E-state index in [4.69, 9.17) is 16.3 Å². The average molecular weight is 365 g/mol. The highest BCUT2D eigenvalue weighted by Crippen LogP contribution is 2.44. The molecule has 25 heavy (non-hydrogen) atoms. The minimum absolute atomic E-state index is 0.0599. The number of carbonyl (C=O) groups is 2. The van der Waals surface area contributed by atoms with Gasteiger partial charge in [-0.05, 0) is 37.1 Å². The maximum atomic E-state index is 12.9. The smallest absolute Gasteiger partial charge is 0.310 e. The zero-order valence-corrected chi connectivity index (χ0v) is 14.6. The summed E-state index contributed by atoms with van der Waals surface area (Å²) in [7, 11) is 0. The maximum Gasteiger partial charge on any atom is 0.310 e. The number of fused-ring (bicyclic) bond motifs is 2. The molecule has 4 atom stereocenters. The third-order valence-corrected chi connectivity index (χ3v) is 5.88. The lowest BCUT2D eigenvalue weighted by molar-refractivity contribution is -0.151. The molecule has 7 heteroatoms. The third kappa shape index (κ3) is 2.98. The first kappa shape index (κ1) is 16.7. The third-order valence-electron chi connectivity index (χ3n) is 5.63. The fourth-order valence-electron chi connectivity index (χ4n) is 4.35. The lowest BCUT2D eigenvalue weighted by atomic mass is 9.78. The van der Waals surface area contributed by atoms with E-state index in [0.717, 1.165) is 31.6 Å². The van der Waals surface area contributed by atoms with Crippen molar-refractivity contribution < 1.29 is 19.4 Å². The first-order valence-electron chi connectivity index (χ1n) is 8.72. The lowest BCUT2D eigenvalue weighted by Gasteiger charge is -2.38. The van der Waals surface area contributed by atoms with Gasteiger partial charge in [-0.1, -0.05) is 11.6 Å². The summed E-state index contributed by atoms with van der Waals surface area (Å²) in [4.78, 5) is 28.5. The number of benzene rings is 1. The van der Waals surface area contributed by atoms with Crippen LogP contribution in [-0.2, 0) is 14.3 Å². The summed E-state index contributed by atoms with van der Waals surface area (Å²) in [6, 6.07) is 7.67. The van der Waals surface area contributed by atoms with Crippen molar-refractivity contribution in [2.75, 3.05) is 31.1 Å². The molecule has 3 aliphatic heterocycles. The van der Waals surface area contributed by atoms with Crippen molar-refractivity contribution in [1.29, 1.82) is 0 Å². The Bertz CT molecular complexity index is 672. The number of hydrogen-bond acceptors (Lipinski definition) is 4. The first-order valence-corrected chi connectivity index (χ1v) is 9.10. The average Bonchev–Trinajstić information content (AvgIpc) is 3.23. The van der Waals surface area contributed by atoms with Crippen LogP contribution < -0.4 is 4.90 Å². The number of halogens is 1. The van der Waals surface area contributed by atoms with Crippen molar-refractivity contribution in [3.8, 4) is 0 Å². The summed E-state index contributed by atoms with van der Waals surface area (Å²) >= 11 is 5.93. The Kier molecular flexibility index (Phi) is 4.33. The fourth-order valence-corrected chi connectivity index (χ4v) is 4.48. The van der Waals surface area contributed by atoms with E-state index in [1.165, 1.54) is 0 Å². The monoisotopic (exact) mass is 364 g/mol. The van der Waals surface area contributed by atoms with Crippen LogP contribution in [0.25, 0.3) is 0 Å². The van der Waals surface area contributed by atoms with Gasteiger partial charge in [0.2, 0.25) is 5.91 Å². The topological polar surface area (TPSA) is 70.1 Å². The molecule has 0 aliphatic carbocycles. The number of rotatable bonds is 3. The minimum atomic E-state index is -0.912. The predicted octanol–water partition coefficient (Wildman–Crippen LogP) is 1.87. The molecule has 6 nitrogen and oxygen atoms in total. The van der Waals surface area contributed by atoms with Gasteiger partial charge in [-0.3, -0.25) is 9.59 Å². The number of hydrogen-bond donors (Lipinski definition) is 1. The van der Waals surface area contributed by atoms with Crippen molar-refractivity contribution in [3.05, 3.63) is 29.3 Å². The van der Waals surface area contributed by atoms with Crippen molar-refractivity contribution in [1.82, 2.24) is 4.90 Å². The predicted molar refractivity (Wildman–Crippen MR) is 92.8 cm³/mol. The van der Waals surface area contributed by atoms with Gasteiger partial charge < -0.3 is 19.6 Å². The molecule has 1 amide bonds. The molecular formula is C18H21ClN2O4. The van der Waals surface area contributed by atoms with E-state index in [0.29, 0.717) is 18.1 Å². The molecule has 3 heterocycles. The zero-order chi connectivity index (χ0) is 17.6. The van der Waals surface area contributed by atoms with E-state index in [9.17, 15) is 14.7 Å². The zero-order valence-electron chi connectivity index (χ0n) is 13.8. The number of amides is 1. The molecule has 0 radical (unpaired) electrons. The summed E-state index contributed by atoms with van der Waals surface area (Å²) in [5.41, 5.74) is 1.09. The Balaban J connectivity index is 1.41.